The van der Waals surface area contributed by atoms with E-state index >= 15 is 0 Å². The summed E-state index contributed by atoms with van der Waals surface area (Å²) in [4.78, 5) is 30.0. The second-order valence-corrected chi connectivity index (χ2v) is 5.97. The SMILES string of the molecule is CCN(CC)C(=O)CN1CCN(C(=O)COc2ccc(F)cc2)CC1. The molecule has 1 fully saturated rings. The Bertz CT molecular complexity index is 567. The molecule has 1 saturated heterocycles. The van der Waals surface area contributed by atoms with Gasteiger partial charge in [0.25, 0.3) is 5.91 Å². The largest absolute Gasteiger partial charge is 0.484 e. The van der Waals surface area contributed by atoms with E-state index in [9.17, 15) is 14.0 Å². The molecule has 0 N–H and O–H groups in total. The van der Waals surface area contributed by atoms with E-state index in [-0.39, 0.29) is 24.2 Å². The highest BCUT2D eigenvalue weighted by Gasteiger charge is 2.23. The van der Waals surface area contributed by atoms with Crippen molar-refractivity contribution in [2.45, 2.75) is 13.8 Å². The molecule has 2 rings (SSSR count). The molecule has 25 heavy (non-hydrogen) atoms. The van der Waals surface area contributed by atoms with Crippen LogP contribution >= 0.6 is 0 Å². The highest BCUT2D eigenvalue weighted by Crippen LogP contribution is 2.11. The Balaban J connectivity index is 1.72. The minimum Gasteiger partial charge on any atom is -0.484 e. The molecule has 0 radical (unpaired) electrons. The van der Waals surface area contributed by atoms with Crippen molar-refractivity contribution >= 4 is 11.8 Å². The quantitative estimate of drug-likeness (QED) is 0.741. The summed E-state index contributed by atoms with van der Waals surface area (Å²) in [7, 11) is 0. The summed E-state index contributed by atoms with van der Waals surface area (Å²) in [6, 6.07) is 5.59. The van der Waals surface area contributed by atoms with Gasteiger partial charge in [0, 0.05) is 39.3 Å². The highest BCUT2D eigenvalue weighted by molar-refractivity contribution is 5.79. The van der Waals surface area contributed by atoms with Gasteiger partial charge in [-0.05, 0) is 38.1 Å². The predicted octanol–water partition coefficient (Wildman–Crippen LogP) is 1.22. The summed E-state index contributed by atoms with van der Waals surface area (Å²) in [5.74, 6) is 0.163. The van der Waals surface area contributed by atoms with Crippen LogP contribution in [0.5, 0.6) is 5.75 Å². The van der Waals surface area contributed by atoms with Gasteiger partial charge in [-0.1, -0.05) is 0 Å². The zero-order valence-electron chi connectivity index (χ0n) is 14.9. The van der Waals surface area contributed by atoms with Gasteiger partial charge in [-0.25, -0.2) is 4.39 Å². The minimum absolute atomic E-state index is 0.0655. The Morgan fingerprint density at radius 1 is 1.08 bits per heavy atom. The predicted molar refractivity (Wildman–Crippen MR) is 92.8 cm³/mol. The lowest BCUT2D eigenvalue weighted by Gasteiger charge is -2.35. The Hall–Kier alpha value is -2.15. The lowest BCUT2D eigenvalue weighted by molar-refractivity contribution is -0.136. The van der Waals surface area contributed by atoms with E-state index in [1.807, 2.05) is 18.7 Å². The van der Waals surface area contributed by atoms with E-state index < -0.39 is 0 Å². The molecule has 1 aliphatic heterocycles. The third-order valence-electron chi connectivity index (χ3n) is 4.38. The summed E-state index contributed by atoms with van der Waals surface area (Å²) in [6.07, 6.45) is 0. The van der Waals surface area contributed by atoms with Crippen LogP contribution in [0.25, 0.3) is 0 Å². The van der Waals surface area contributed by atoms with Gasteiger partial charge < -0.3 is 14.5 Å². The summed E-state index contributed by atoms with van der Waals surface area (Å²) < 4.78 is 18.2. The number of piperazine rings is 1. The minimum atomic E-state index is -0.339. The Kier molecular flexibility index (Phi) is 7.18. The average molecular weight is 351 g/mol. The van der Waals surface area contributed by atoms with Gasteiger partial charge in [0.15, 0.2) is 6.61 Å². The van der Waals surface area contributed by atoms with Gasteiger partial charge in [0.2, 0.25) is 5.91 Å². The Labute approximate surface area is 148 Å². The first-order valence-electron chi connectivity index (χ1n) is 8.69. The van der Waals surface area contributed by atoms with Crippen LogP contribution in [-0.4, -0.2) is 78.9 Å². The fourth-order valence-corrected chi connectivity index (χ4v) is 2.79. The van der Waals surface area contributed by atoms with Gasteiger partial charge in [0.1, 0.15) is 11.6 Å². The van der Waals surface area contributed by atoms with Crippen molar-refractivity contribution in [3.63, 3.8) is 0 Å². The van der Waals surface area contributed by atoms with Gasteiger partial charge in [-0.15, -0.1) is 0 Å². The van der Waals surface area contributed by atoms with Crippen LogP contribution in [0, 0.1) is 5.82 Å². The van der Waals surface area contributed by atoms with E-state index in [0.717, 1.165) is 0 Å². The zero-order valence-corrected chi connectivity index (χ0v) is 14.9. The van der Waals surface area contributed by atoms with Crippen molar-refractivity contribution in [1.29, 1.82) is 0 Å². The third kappa shape index (κ3) is 5.70. The molecule has 6 nitrogen and oxygen atoms in total. The molecule has 7 heteroatoms. The number of carbonyl (C=O) groups excluding carboxylic acids is 2. The topological polar surface area (TPSA) is 53.1 Å². The lowest BCUT2D eigenvalue weighted by Crippen LogP contribution is -2.52. The summed E-state index contributed by atoms with van der Waals surface area (Å²) in [5.41, 5.74) is 0. The number of hydrogen-bond donors (Lipinski definition) is 0. The monoisotopic (exact) mass is 351 g/mol. The molecular formula is C18H26FN3O3. The molecule has 0 aliphatic carbocycles. The molecule has 0 bridgehead atoms. The summed E-state index contributed by atoms with van der Waals surface area (Å²) in [6.45, 7) is 8.22. The zero-order chi connectivity index (χ0) is 18.2. The highest BCUT2D eigenvalue weighted by atomic mass is 19.1. The third-order valence-corrected chi connectivity index (χ3v) is 4.38. The molecule has 1 aromatic carbocycles. The van der Waals surface area contributed by atoms with E-state index in [2.05, 4.69) is 4.90 Å². The normalized spacial score (nSPS) is 15.1. The molecule has 1 heterocycles. The van der Waals surface area contributed by atoms with Crippen molar-refractivity contribution in [2.24, 2.45) is 0 Å². The fraction of sp³-hybridized carbons (Fsp3) is 0.556. The number of ether oxygens (including phenoxy) is 1. The van der Waals surface area contributed by atoms with E-state index in [1.54, 1.807) is 4.90 Å². The lowest BCUT2D eigenvalue weighted by atomic mass is 10.3. The van der Waals surface area contributed by atoms with Crippen LogP contribution in [0.4, 0.5) is 4.39 Å². The first-order chi connectivity index (χ1) is 12.0. The number of rotatable bonds is 7. The van der Waals surface area contributed by atoms with E-state index in [4.69, 9.17) is 4.74 Å². The number of nitrogens with zero attached hydrogens (tertiary/aromatic N) is 3. The maximum Gasteiger partial charge on any atom is 0.260 e. The van der Waals surface area contributed by atoms with Crippen molar-refractivity contribution < 1.29 is 18.7 Å². The molecule has 0 atom stereocenters. The second kappa shape index (κ2) is 9.36. The van der Waals surface area contributed by atoms with Crippen molar-refractivity contribution in [2.75, 3.05) is 52.4 Å². The average Bonchev–Trinajstić information content (AvgIpc) is 2.62. The van der Waals surface area contributed by atoms with Crippen molar-refractivity contribution in [3.05, 3.63) is 30.1 Å². The van der Waals surface area contributed by atoms with Crippen LogP contribution in [0.3, 0.4) is 0 Å². The Morgan fingerprint density at radius 3 is 2.24 bits per heavy atom. The number of carbonyl (C=O) groups is 2. The van der Waals surface area contributed by atoms with Crippen LogP contribution in [0.1, 0.15) is 13.8 Å². The molecule has 1 aliphatic rings. The van der Waals surface area contributed by atoms with Gasteiger partial charge in [-0.3, -0.25) is 14.5 Å². The van der Waals surface area contributed by atoms with Gasteiger partial charge in [0.05, 0.1) is 6.54 Å². The van der Waals surface area contributed by atoms with E-state index in [1.165, 1.54) is 24.3 Å². The second-order valence-electron chi connectivity index (χ2n) is 5.97. The van der Waals surface area contributed by atoms with Crippen molar-refractivity contribution in [3.8, 4) is 5.75 Å². The number of benzene rings is 1. The molecular weight excluding hydrogens is 325 g/mol. The summed E-state index contributed by atoms with van der Waals surface area (Å²) in [5, 5.41) is 0. The fourth-order valence-electron chi connectivity index (χ4n) is 2.79. The number of hydrogen-bond acceptors (Lipinski definition) is 4. The molecule has 0 saturated carbocycles. The molecule has 0 spiro atoms. The van der Waals surface area contributed by atoms with Gasteiger partial charge >= 0.3 is 0 Å². The number of halogens is 1. The smallest absolute Gasteiger partial charge is 0.260 e. The van der Waals surface area contributed by atoms with Crippen molar-refractivity contribution in [1.82, 2.24) is 14.7 Å². The first-order valence-corrected chi connectivity index (χ1v) is 8.69. The molecule has 0 aromatic heterocycles. The van der Waals surface area contributed by atoms with Crippen LogP contribution in [0.2, 0.25) is 0 Å². The summed E-state index contributed by atoms with van der Waals surface area (Å²) >= 11 is 0. The number of likely N-dealkylation sites (N-methyl/N-ethyl adjacent to an activating group) is 1. The maximum atomic E-state index is 12.8. The van der Waals surface area contributed by atoms with E-state index in [0.29, 0.717) is 51.6 Å². The maximum absolute atomic E-state index is 12.8. The molecule has 1 aromatic rings. The molecule has 2 amide bonds. The van der Waals surface area contributed by atoms with Crippen LogP contribution in [-0.2, 0) is 9.59 Å². The molecule has 0 unspecified atom stereocenters. The van der Waals surface area contributed by atoms with Crippen LogP contribution < -0.4 is 4.74 Å². The number of amides is 2. The molecule has 138 valence electrons. The Morgan fingerprint density at radius 2 is 1.68 bits per heavy atom. The van der Waals surface area contributed by atoms with Crippen LogP contribution in [0.15, 0.2) is 24.3 Å². The van der Waals surface area contributed by atoms with Gasteiger partial charge in [-0.2, -0.15) is 0 Å². The standard InChI is InChI=1S/C18H26FN3O3/c1-3-21(4-2)17(23)13-20-9-11-22(12-10-20)18(24)14-25-16-7-5-15(19)6-8-16/h5-8H,3-4,9-14H2,1-2H3. The first kappa shape index (κ1) is 19.2.